The maximum absolute atomic E-state index is 13.1. The van der Waals surface area contributed by atoms with Crippen LogP contribution in [0.1, 0.15) is 55.4 Å². The molecule has 3 rings (SSSR count). The minimum absolute atomic E-state index is 0.0659. The largest absolute Gasteiger partial charge is 0.333 e. The molecule has 0 unspecified atom stereocenters. The first-order chi connectivity index (χ1) is 10.4. The van der Waals surface area contributed by atoms with E-state index in [0.717, 1.165) is 24.2 Å². The van der Waals surface area contributed by atoms with E-state index >= 15 is 0 Å². The second kappa shape index (κ2) is 5.38. The maximum atomic E-state index is 13.1. The summed E-state index contributed by atoms with van der Waals surface area (Å²) in [6, 6.07) is 2.58. The zero-order valence-corrected chi connectivity index (χ0v) is 14.0. The number of amides is 1. The van der Waals surface area contributed by atoms with Crippen LogP contribution in [0.25, 0.3) is 5.65 Å². The molecule has 2 aromatic rings. The zero-order chi connectivity index (χ0) is 16.0. The van der Waals surface area contributed by atoms with Crippen LogP contribution in [0, 0.1) is 19.8 Å². The van der Waals surface area contributed by atoms with Crippen LogP contribution in [-0.4, -0.2) is 37.5 Å². The Morgan fingerprint density at radius 3 is 2.59 bits per heavy atom. The number of aryl methyl sites for hydroxylation is 2. The number of aromatic nitrogens is 3. The number of carbonyl (C=O) groups excluding carboxylic acids is 1. The highest BCUT2D eigenvalue weighted by Gasteiger charge is 2.38. The van der Waals surface area contributed by atoms with Crippen molar-refractivity contribution >= 4 is 11.6 Å². The molecule has 2 heterocycles. The van der Waals surface area contributed by atoms with E-state index in [2.05, 4.69) is 30.9 Å². The third kappa shape index (κ3) is 2.49. The van der Waals surface area contributed by atoms with Crippen LogP contribution in [0.3, 0.4) is 0 Å². The average molecular weight is 300 g/mol. The highest BCUT2D eigenvalue weighted by atomic mass is 16.2. The van der Waals surface area contributed by atoms with E-state index in [1.165, 1.54) is 0 Å². The molecule has 118 valence electrons. The Bertz CT molecular complexity index is 715. The van der Waals surface area contributed by atoms with Crippen LogP contribution in [-0.2, 0) is 0 Å². The van der Waals surface area contributed by atoms with Gasteiger partial charge in [0.1, 0.15) is 5.56 Å². The lowest BCUT2D eigenvalue weighted by Crippen LogP contribution is -2.43. The number of fused-ring (bicyclic) bond motifs is 1. The van der Waals surface area contributed by atoms with E-state index in [4.69, 9.17) is 0 Å². The van der Waals surface area contributed by atoms with Gasteiger partial charge in [-0.25, -0.2) is 9.50 Å². The summed E-state index contributed by atoms with van der Waals surface area (Å²) in [6.45, 7) is 10.4. The van der Waals surface area contributed by atoms with Gasteiger partial charge in [0, 0.05) is 23.5 Å². The smallest absolute Gasteiger partial charge is 0.259 e. The average Bonchev–Trinajstić information content (AvgIpc) is 3.17. The molecule has 0 aliphatic heterocycles. The summed E-state index contributed by atoms with van der Waals surface area (Å²) in [7, 11) is 0. The second-order valence-electron chi connectivity index (χ2n) is 6.76. The molecule has 0 radical (unpaired) electrons. The highest BCUT2D eigenvalue weighted by molar-refractivity contribution is 6.00. The van der Waals surface area contributed by atoms with Crippen LogP contribution < -0.4 is 0 Å². The monoisotopic (exact) mass is 300 g/mol. The maximum Gasteiger partial charge on any atom is 0.259 e. The summed E-state index contributed by atoms with van der Waals surface area (Å²) >= 11 is 0. The van der Waals surface area contributed by atoms with Crippen molar-refractivity contribution in [1.29, 1.82) is 0 Å². The third-order valence-corrected chi connectivity index (χ3v) is 4.59. The van der Waals surface area contributed by atoms with Crippen molar-refractivity contribution in [3.63, 3.8) is 0 Å². The summed E-state index contributed by atoms with van der Waals surface area (Å²) in [5.74, 6) is 0.499. The van der Waals surface area contributed by atoms with Crippen molar-refractivity contribution in [1.82, 2.24) is 19.5 Å². The predicted octanol–water partition coefficient (Wildman–Crippen LogP) is 3.00. The molecule has 1 fully saturated rings. The highest BCUT2D eigenvalue weighted by Crippen LogP contribution is 2.32. The van der Waals surface area contributed by atoms with Crippen LogP contribution >= 0.6 is 0 Å². The first-order valence-electron chi connectivity index (χ1n) is 8.04. The van der Waals surface area contributed by atoms with Crippen LogP contribution in [0.5, 0.6) is 0 Å². The fraction of sp³-hybridized carbons (Fsp3) is 0.588. The van der Waals surface area contributed by atoms with E-state index in [0.29, 0.717) is 23.2 Å². The number of hydrogen-bond acceptors (Lipinski definition) is 3. The Morgan fingerprint density at radius 1 is 1.32 bits per heavy atom. The van der Waals surface area contributed by atoms with Gasteiger partial charge in [-0.05, 0) is 45.6 Å². The van der Waals surface area contributed by atoms with Gasteiger partial charge in [-0.3, -0.25) is 4.79 Å². The topological polar surface area (TPSA) is 50.5 Å². The molecule has 1 saturated carbocycles. The molecular weight excluding hydrogens is 276 g/mol. The lowest BCUT2D eigenvalue weighted by molar-refractivity contribution is 0.0629. The summed E-state index contributed by atoms with van der Waals surface area (Å²) < 4.78 is 1.76. The number of rotatable bonds is 4. The normalized spacial score (nSPS) is 16.3. The SMILES string of the molecule is Cc1cc(C)n2ncc(C(=O)N(C3CC3)[C@@H](C)C(C)C)c2n1. The fourth-order valence-corrected chi connectivity index (χ4v) is 2.92. The van der Waals surface area contributed by atoms with Gasteiger partial charge >= 0.3 is 0 Å². The van der Waals surface area contributed by atoms with E-state index in [9.17, 15) is 4.79 Å². The van der Waals surface area contributed by atoms with Crippen LogP contribution in [0.15, 0.2) is 12.3 Å². The van der Waals surface area contributed by atoms with Crippen LogP contribution in [0.4, 0.5) is 0 Å². The van der Waals surface area contributed by atoms with Gasteiger partial charge in [-0.1, -0.05) is 13.8 Å². The van der Waals surface area contributed by atoms with Crippen molar-refractivity contribution < 1.29 is 4.79 Å². The Labute approximate surface area is 131 Å². The minimum atomic E-state index is 0.0659. The quantitative estimate of drug-likeness (QED) is 0.872. The van der Waals surface area contributed by atoms with Gasteiger partial charge < -0.3 is 4.90 Å². The Hall–Kier alpha value is -1.91. The second-order valence-corrected chi connectivity index (χ2v) is 6.76. The molecule has 0 N–H and O–H groups in total. The van der Waals surface area contributed by atoms with Crippen molar-refractivity contribution in [2.24, 2.45) is 5.92 Å². The molecule has 0 saturated heterocycles. The standard InChI is InChI=1S/C17H24N4O/c1-10(2)13(5)20(14-6-7-14)17(22)15-9-18-21-12(4)8-11(3)19-16(15)21/h8-10,13-14H,6-7H2,1-5H3/t13-/m0/s1. The third-order valence-electron chi connectivity index (χ3n) is 4.59. The molecule has 1 aliphatic rings. The van der Waals surface area contributed by atoms with Crippen molar-refractivity contribution in [2.75, 3.05) is 0 Å². The van der Waals surface area contributed by atoms with Gasteiger partial charge in [0.2, 0.25) is 0 Å². The number of carbonyl (C=O) groups is 1. The van der Waals surface area contributed by atoms with Crippen LogP contribution in [0.2, 0.25) is 0 Å². The zero-order valence-electron chi connectivity index (χ0n) is 14.0. The molecule has 22 heavy (non-hydrogen) atoms. The summed E-state index contributed by atoms with van der Waals surface area (Å²) in [5.41, 5.74) is 3.20. The van der Waals surface area contributed by atoms with E-state index in [-0.39, 0.29) is 11.9 Å². The van der Waals surface area contributed by atoms with E-state index < -0.39 is 0 Å². The molecule has 5 nitrogen and oxygen atoms in total. The summed E-state index contributed by atoms with van der Waals surface area (Å²) in [6.07, 6.45) is 3.88. The van der Waals surface area contributed by atoms with Crippen molar-refractivity contribution in [3.05, 3.63) is 29.2 Å². The Balaban J connectivity index is 2.04. The molecule has 2 aromatic heterocycles. The summed E-state index contributed by atoms with van der Waals surface area (Å²) in [5, 5.41) is 4.35. The Morgan fingerprint density at radius 2 is 2.00 bits per heavy atom. The molecule has 5 heteroatoms. The van der Waals surface area contributed by atoms with Gasteiger partial charge in [0.15, 0.2) is 5.65 Å². The van der Waals surface area contributed by atoms with E-state index in [1.54, 1.807) is 10.7 Å². The molecular formula is C17H24N4O. The first-order valence-corrected chi connectivity index (χ1v) is 8.04. The van der Waals surface area contributed by atoms with Gasteiger partial charge in [0.25, 0.3) is 5.91 Å². The van der Waals surface area contributed by atoms with Crippen molar-refractivity contribution in [3.8, 4) is 0 Å². The minimum Gasteiger partial charge on any atom is -0.333 e. The summed E-state index contributed by atoms with van der Waals surface area (Å²) in [4.78, 5) is 19.7. The fourth-order valence-electron chi connectivity index (χ4n) is 2.92. The molecule has 0 bridgehead atoms. The van der Waals surface area contributed by atoms with Gasteiger partial charge in [-0.15, -0.1) is 0 Å². The molecule has 0 spiro atoms. The van der Waals surface area contributed by atoms with Gasteiger partial charge in [0.05, 0.1) is 6.20 Å². The molecule has 0 aromatic carbocycles. The Kier molecular flexibility index (Phi) is 3.67. The molecule has 1 amide bonds. The van der Waals surface area contributed by atoms with E-state index in [1.807, 2.05) is 24.8 Å². The van der Waals surface area contributed by atoms with Gasteiger partial charge in [-0.2, -0.15) is 5.10 Å². The lowest BCUT2D eigenvalue weighted by Gasteiger charge is -2.31. The first kappa shape index (κ1) is 15.0. The predicted molar refractivity (Wildman–Crippen MR) is 86.0 cm³/mol. The molecule has 1 atom stereocenters. The number of hydrogen-bond donors (Lipinski definition) is 0. The van der Waals surface area contributed by atoms with Crippen molar-refractivity contribution in [2.45, 2.75) is 59.5 Å². The number of nitrogens with zero attached hydrogens (tertiary/aromatic N) is 4. The lowest BCUT2D eigenvalue weighted by atomic mass is 10.0. The molecule has 1 aliphatic carbocycles.